The fourth-order valence-electron chi connectivity index (χ4n) is 1.62. The van der Waals surface area contributed by atoms with Gasteiger partial charge < -0.3 is 4.74 Å². The number of nitro groups is 1. The summed E-state index contributed by atoms with van der Waals surface area (Å²) in [7, 11) is 1.20. The zero-order valence-corrected chi connectivity index (χ0v) is 11.2. The van der Waals surface area contributed by atoms with E-state index < -0.39 is 22.7 Å². The summed E-state index contributed by atoms with van der Waals surface area (Å²) < 4.78 is 4.60. The molecule has 0 radical (unpaired) electrons. The molecule has 1 aromatic carbocycles. The molecule has 19 heavy (non-hydrogen) atoms. The maximum Gasteiger partial charge on any atom is 0.338 e. The summed E-state index contributed by atoms with van der Waals surface area (Å²) in [6.45, 7) is 4.75. The van der Waals surface area contributed by atoms with E-state index in [9.17, 15) is 19.7 Å². The number of hydrogen-bond acceptors (Lipinski definition) is 5. The maximum atomic E-state index is 12.0. The van der Waals surface area contributed by atoms with Gasteiger partial charge in [-0.25, -0.2) is 4.79 Å². The van der Waals surface area contributed by atoms with Gasteiger partial charge in [-0.3, -0.25) is 14.9 Å². The number of rotatable bonds is 4. The third-order valence-electron chi connectivity index (χ3n) is 3.00. The average molecular weight is 265 g/mol. The van der Waals surface area contributed by atoms with E-state index in [2.05, 4.69) is 4.74 Å². The molecule has 0 aliphatic rings. The van der Waals surface area contributed by atoms with Crippen LogP contribution >= 0.6 is 0 Å². The first-order chi connectivity index (χ1) is 8.79. The van der Waals surface area contributed by atoms with Crippen LogP contribution in [-0.4, -0.2) is 29.8 Å². The van der Waals surface area contributed by atoms with Gasteiger partial charge in [-0.15, -0.1) is 0 Å². The second-order valence-corrected chi connectivity index (χ2v) is 4.30. The monoisotopic (exact) mass is 265 g/mol. The highest BCUT2D eigenvalue weighted by molar-refractivity contribution is 6.08. The first kappa shape index (κ1) is 14.8. The van der Waals surface area contributed by atoms with Crippen molar-refractivity contribution in [2.45, 2.75) is 26.8 Å². The Morgan fingerprint density at radius 3 is 2.11 bits per heavy atom. The van der Waals surface area contributed by atoms with Crippen molar-refractivity contribution in [3.05, 3.63) is 44.5 Å². The molecule has 1 rings (SSSR count). The van der Waals surface area contributed by atoms with Crippen LogP contribution in [0.2, 0.25) is 0 Å². The van der Waals surface area contributed by atoms with Crippen molar-refractivity contribution >= 4 is 11.8 Å². The molecule has 0 heterocycles. The molecule has 0 bridgehead atoms. The first-order valence-corrected chi connectivity index (χ1v) is 5.66. The fraction of sp³-hybridized carbons (Fsp3) is 0.385. The molecular weight excluding hydrogens is 250 g/mol. The van der Waals surface area contributed by atoms with Crippen LogP contribution in [0.4, 0.5) is 0 Å². The lowest BCUT2D eigenvalue weighted by atomic mass is 9.95. The van der Waals surface area contributed by atoms with Crippen molar-refractivity contribution in [3.8, 4) is 0 Å². The third kappa shape index (κ3) is 2.96. The Labute approximate surface area is 110 Å². The Morgan fingerprint density at radius 2 is 1.68 bits per heavy atom. The zero-order valence-electron chi connectivity index (χ0n) is 11.2. The minimum Gasteiger partial charge on any atom is -0.465 e. The van der Waals surface area contributed by atoms with Crippen molar-refractivity contribution in [1.29, 1.82) is 0 Å². The van der Waals surface area contributed by atoms with Gasteiger partial charge in [0.1, 0.15) is 0 Å². The Morgan fingerprint density at radius 1 is 1.21 bits per heavy atom. The number of hydrogen-bond donors (Lipinski definition) is 0. The van der Waals surface area contributed by atoms with Crippen LogP contribution < -0.4 is 0 Å². The molecule has 0 fully saturated rings. The van der Waals surface area contributed by atoms with Crippen molar-refractivity contribution in [2.24, 2.45) is 0 Å². The molecule has 0 N–H and O–H groups in total. The van der Waals surface area contributed by atoms with Gasteiger partial charge in [0.15, 0.2) is 0 Å². The summed E-state index contributed by atoms with van der Waals surface area (Å²) >= 11 is 0. The van der Waals surface area contributed by atoms with Crippen molar-refractivity contribution in [2.75, 3.05) is 7.11 Å². The summed E-state index contributed by atoms with van der Waals surface area (Å²) in [5.41, 5.74) is 1.68. The minimum atomic E-state index is -1.40. The topological polar surface area (TPSA) is 86.5 Å². The summed E-state index contributed by atoms with van der Waals surface area (Å²) in [6, 6.07) is 1.61. The van der Waals surface area contributed by atoms with Gasteiger partial charge in [0.05, 0.1) is 12.7 Å². The molecule has 0 aliphatic heterocycles. The summed E-state index contributed by atoms with van der Waals surface area (Å²) in [6.07, 6.45) is 0. The standard InChI is InChI=1S/C13H15NO5/c1-7-5-10(12(15)9(3)14(17)18)11(6-8(7)2)13(16)19-4/h5-6,9H,1-4H3/t9-/m0/s1. The Hall–Kier alpha value is -2.24. The molecule has 0 spiro atoms. The lowest BCUT2D eigenvalue weighted by molar-refractivity contribution is -0.500. The van der Waals surface area contributed by atoms with E-state index in [0.29, 0.717) is 0 Å². The highest BCUT2D eigenvalue weighted by atomic mass is 16.6. The summed E-state index contributed by atoms with van der Waals surface area (Å²) in [5.74, 6) is -1.38. The second kappa shape index (κ2) is 5.60. The van der Waals surface area contributed by atoms with Gasteiger partial charge in [-0.05, 0) is 37.1 Å². The molecule has 0 aliphatic carbocycles. The molecule has 0 unspecified atom stereocenters. The van der Waals surface area contributed by atoms with Gasteiger partial charge in [0.25, 0.3) is 6.04 Å². The SMILES string of the molecule is COC(=O)c1cc(C)c(C)cc1C(=O)[C@H](C)[N+](=O)[O-]. The molecule has 6 nitrogen and oxygen atoms in total. The number of carbonyl (C=O) groups is 2. The predicted molar refractivity (Wildman–Crippen MR) is 68.0 cm³/mol. The highest BCUT2D eigenvalue weighted by Gasteiger charge is 2.29. The molecule has 1 atom stereocenters. The summed E-state index contributed by atoms with van der Waals surface area (Å²) in [4.78, 5) is 33.7. The van der Waals surface area contributed by atoms with Crippen molar-refractivity contribution in [1.82, 2.24) is 0 Å². The van der Waals surface area contributed by atoms with Gasteiger partial charge in [-0.1, -0.05) is 0 Å². The number of benzene rings is 1. The number of ketones is 1. The molecule has 102 valence electrons. The second-order valence-electron chi connectivity index (χ2n) is 4.30. The van der Waals surface area contributed by atoms with Gasteiger partial charge in [-0.2, -0.15) is 0 Å². The number of aryl methyl sites for hydroxylation is 2. The van der Waals surface area contributed by atoms with Crippen LogP contribution in [0.1, 0.15) is 38.8 Å². The Balaban J connectivity index is 3.40. The number of ether oxygens (including phenoxy) is 1. The average Bonchev–Trinajstić information content (AvgIpc) is 2.38. The molecule has 1 aromatic rings. The quantitative estimate of drug-likeness (QED) is 0.359. The van der Waals surface area contributed by atoms with E-state index >= 15 is 0 Å². The van der Waals surface area contributed by atoms with E-state index in [1.54, 1.807) is 13.8 Å². The minimum absolute atomic E-state index is 0.0270. The highest BCUT2D eigenvalue weighted by Crippen LogP contribution is 2.19. The van der Waals surface area contributed by atoms with E-state index in [1.807, 2.05) is 0 Å². The molecule has 0 saturated carbocycles. The number of esters is 1. The van der Waals surface area contributed by atoms with Crippen molar-refractivity contribution in [3.63, 3.8) is 0 Å². The molecule has 0 amide bonds. The van der Waals surface area contributed by atoms with Crippen LogP contribution in [0, 0.1) is 24.0 Å². The first-order valence-electron chi connectivity index (χ1n) is 5.66. The van der Waals surface area contributed by atoms with E-state index in [-0.39, 0.29) is 11.1 Å². The van der Waals surface area contributed by atoms with E-state index in [1.165, 1.54) is 26.2 Å². The third-order valence-corrected chi connectivity index (χ3v) is 3.00. The van der Waals surface area contributed by atoms with Crippen LogP contribution in [0.5, 0.6) is 0 Å². The zero-order chi connectivity index (χ0) is 14.7. The lowest BCUT2D eigenvalue weighted by Gasteiger charge is -2.11. The predicted octanol–water partition coefficient (Wildman–Crippen LogP) is 1.94. The van der Waals surface area contributed by atoms with Crippen LogP contribution in [0.15, 0.2) is 12.1 Å². The van der Waals surface area contributed by atoms with Crippen LogP contribution in [0.25, 0.3) is 0 Å². The number of nitrogens with zero attached hydrogens (tertiary/aromatic N) is 1. The fourth-order valence-corrected chi connectivity index (χ4v) is 1.62. The van der Waals surface area contributed by atoms with E-state index in [0.717, 1.165) is 11.1 Å². The number of Topliss-reactive ketones (excluding diaryl/α,β-unsaturated/α-hetero) is 1. The Bertz CT molecular complexity index is 550. The van der Waals surface area contributed by atoms with E-state index in [4.69, 9.17) is 0 Å². The van der Waals surface area contributed by atoms with Crippen LogP contribution in [-0.2, 0) is 4.74 Å². The summed E-state index contributed by atoms with van der Waals surface area (Å²) in [5, 5.41) is 10.7. The molecule has 0 aromatic heterocycles. The smallest absolute Gasteiger partial charge is 0.338 e. The molecular formula is C13H15NO5. The Kier molecular flexibility index (Phi) is 4.37. The van der Waals surface area contributed by atoms with Crippen LogP contribution in [0.3, 0.4) is 0 Å². The van der Waals surface area contributed by atoms with Gasteiger partial charge >= 0.3 is 5.97 Å². The largest absolute Gasteiger partial charge is 0.465 e. The van der Waals surface area contributed by atoms with Gasteiger partial charge in [0.2, 0.25) is 5.78 Å². The number of methoxy groups -OCH3 is 1. The molecule has 6 heteroatoms. The maximum absolute atomic E-state index is 12.0. The van der Waals surface area contributed by atoms with Crippen molar-refractivity contribution < 1.29 is 19.2 Å². The molecule has 0 saturated heterocycles. The normalized spacial score (nSPS) is 11.8. The number of carbonyl (C=O) groups excluding carboxylic acids is 2. The lowest BCUT2D eigenvalue weighted by Crippen LogP contribution is -2.28. The van der Waals surface area contributed by atoms with Gasteiger partial charge in [0, 0.05) is 17.4 Å².